The molecule has 0 aliphatic carbocycles. The van der Waals surface area contributed by atoms with Gasteiger partial charge in [-0.25, -0.2) is 0 Å². The molecule has 0 radical (unpaired) electrons. The second-order valence-corrected chi connectivity index (χ2v) is 6.12. The van der Waals surface area contributed by atoms with Gasteiger partial charge in [0.2, 0.25) is 0 Å². The third-order valence-corrected chi connectivity index (χ3v) is 3.84. The van der Waals surface area contributed by atoms with E-state index in [9.17, 15) is 9.59 Å². The molecule has 0 fully saturated rings. The van der Waals surface area contributed by atoms with E-state index in [4.69, 9.17) is 0 Å². The van der Waals surface area contributed by atoms with Crippen LogP contribution in [0.4, 0.5) is 0 Å². The Balaban J connectivity index is 0.000000233. The minimum atomic E-state index is 0. The van der Waals surface area contributed by atoms with Crippen LogP contribution in [0.15, 0.2) is 97.3 Å². The molecule has 4 aromatic rings. The zero-order valence-electron chi connectivity index (χ0n) is 17.3. The number of carbonyl (C=O) groups is 2. The molecule has 0 aliphatic heterocycles. The predicted molar refractivity (Wildman–Crippen MR) is 118 cm³/mol. The van der Waals surface area contributed by atoms with Gasteiger partial charge in [-0.15, -0.1) is 0 Å². The quantitative estimate of drug-likeness (QED) is 0.233. The maximum Gasteiger partial charge on any atom is 2.00 e. The number of nitrogens with zero attached hydrogens (tertiary/aromatic N) is 2. The zero-order chi connectivity index (χ0) is 21.6. The summed E-state index contributed by atoms with van der Waals surface area (Å²) in [4.78, 5) is 29.6. The summed E-state index contributed by atoms with van der Waals surface area (Å²) in [6.07, 6.45) is 3.54. The van der Waals surface area contributed by atoms with Crippen LogP contribution in [0.1, 0.15) is 34.6 Å². The maximum absolute atomic E-state index is 10.6. The van der Waals surface area contributed by atoms with E-state index >= 15 is 0 Å². The van der Waals surface area contributed by atoms with Gasteiger partial charge in [-0.3, -0.25) is 19.6 Å². The van der Waals surface area contributed by atoms with Crippen molar-refractivity contribution in [2.24, 2.45) is 0 Å². The summed E-state index contributed by atoms with van der Waals surface area (Å²) in [5, 5.41) is 0. The Morgan fingerprint density at radius 3 is 1.19 bits per heavy atom. The van der Waals surface area contributed by atoms with E-state index in [2.05, 4.69) is 22.1 Å². The van der Waals surface area contributed by atoms with Gasteiger partial charge in [0.05, 0.1) is 11.4 Å². The summed E-state index contributed by atoms with van der Waals surface area (Å²) in [6, 6.07) is 31.2. The first kappa shape index (κ1) is 25.6. The molecule has 0 spiro atoms. The molecule has 2 aromatic carbocycles. The van der Waals surface area contributed by atoms with E-state index in [0.717, 1.165) is 22.5 Å². The van der Waals surface area contributed by atoms with Gasteiger partial charge in [0.1, 0.15) is 11.6 Å². The summed E-state index contributed by atoms with van der Waals surface area (Å²) in [5.74, 6) is 0.202. The van der Waals surface area contributed by atoms with Crippen molar-refractivity contribution in [2.45, 2.75) is 13.8 Å². The Kier molecular flexibility index (Phi) is 12.0. The van der Waals surface area contributed by atoms with Crippen LogP contribution >= 0.6 is 0 Å². The van der Waals surface area contributed by atoms with Gasteiger partial charge in [-0.2, -0.15) is 60.7 Å². The molecule has 0 atom stereocenters. The van der Waals surface area contributed by atoms with Crippen molar-refractivity contribution in [3.63, 3.8) is 0 Å². The fourth-order valence-corrected chi connectivity index (χ4v) is 2.27. The van der Waals surface area contributed by atoms with E-state index in [-0.39, 0.29) is 28.1 Å². The third-order valence-electron chi connectivity index (χ3n) is 3.84. The Morgan fingerprint density at radius 1 is 0.613 bits per heavy atom. The van der Waals surface area contributed by atoms with E-state index in [1.165, 1.54) is 0 Å². The smallest absolute Gasteiger partial charge is 0.297 e. The fourth-order valence-electron chi connectivity index (χ4n) is 2.27. The Hall–Kier alpha value is -3.43. The molecule has 158 valence electrons. The monoisotopic (exact) mass is 452 g/mol. The molecule has 0 bridgehead atoms. The number of ketones is 2. The SMILES string of the molecule is CC(=O)c1cc[c-]cc1.CC(=O)c1cc[c-]cc1.[Ni+2].c1ccc(-c2ccccn2)nc1. The van der Waals surface area contributed by atoms with Crippen LogP contribution in [0.5, 0.6) is 0 Å². The number of hydrogen-bond donors (Lipinski definition) is 0. The number of hydrogen-bond acceptors (Lipinski definition) is 4. The summed E-state index contributed by atoms with van der Waals surface area (Å²) in [5.41, 5.74) is 3.32. The minimum absolute atomic E-state index is 0. The molecule has 5 heteroatoms. The molecular formula is C26H22N2NiO2. The first-order chi connectivity index (χ1) is 14.6. The number of pyridine rings is 2. The van der Waals surface area contributed by atoms with Crippen LogP contribution in [-0.2, 0) is 16.5 Å². The van der Waals surface area contributed by atoms with Gasteiger partial charge in [0.15, 0.2) is 0 Å². The van der Waals surface area contributed by atoms with E-state index in [1.807, 2.05) is 36.4 Å². The fraction of sp³-hybridized carbons (Fsp3) is 0.0769. The molecule has 0 unspecified atom stereocenters. The number of aromatic nitrogens is 2. The molecular weight excluding hydrogens is 431 g/mol. The van der Waals surface area contributed by atoms with Crippen molar-refractivity contribution in [1.29, 1.82) is 0 Å². The molecule has 0 saturated carbocycles. The van der Waals surface area contributed by atoms with E-state index in [0.29, 0.717) is 0 Å². The van der Waals surface area contributed by atoms with E-state index < -0.39 is 0 Å². The van der Waals surface area contributed by atoms with Gasteiger partial charge >= 0.3 is 16.5 Å². The second-order valence-electron chi connectivity index (χ2n) is 6.12. The first-order valence-corrected chi connectivity index (χ1v) is 9.34. The van der Waals surface area contributed by atoms with Crippen molar-refractivity contribution in [2.75, 3.05) is 0 Å². The van der Waals surface area contributed by atoms with Gasteiger partial charge in [-0.05, 0) is 38.1 Å². The number of rotatable bonds is 3. The molecule has 2 heterocycles. The number of carbonyl (C=O) groups excluding carboxylic acids is 2. The topological polar surface area (TPSA) is 59.9 Å². The molecule has 0 amide bonds. The van der Waals surface area contributed by atoms with Crippen LogP contribution in [0.2, 0.25) is 0 Å². The van der Waals surface area contributed by atoms with Crippen molar-refractivity contribution in [3.8, 4) is 11.4 Å². The van der Waals surface area contributed by atoms with Gasteiger partial charge in [-0.1, -0.05) is 23.3 Å². The molecule has 31 heavy (non-hydrogen) atoms. The van der Waals surface area contributed by atoms with Crippen molar-refractivity contribution < 1.29 is 26.1 Å². The number of Topliss-reactive ketones (excluding diaryl/α,β-unsaturated/α-hetero) is 2. The van der Waals surface area contributed by atoms with Crippen LogP contribution in [-0.4, -0.2) is 21.5 Å². The van der Waals surface area contributed by atoms with Crippen LogP contribution in [0.3, 0.4) is 0 Å². The summed E-state index contributed by atoms with van der Waals surface area (Å²) < 4.78 is 0. The summed E-state index contributed by atoms with van der Waals surface area (Å²) in [6.45, 7) is 3.10. The maximum atomic E-state index is 10.6. The van der Waals surface area contributed by atoms with Crippen molar-refractivity contribution in [3.05, 3.63) is 121 Å². The Morgan fingerprint density at radius 2 is 0.968 bits per heavy atom. The standard InChI is InChI=1S/C10H8N2.2C8H7O.Ni/c1-3-7-11-9(5-1)10-6-2-4-8-12-10;2*1-7(9)8-5-3-2-4-6-8;/h1-8H;2*3-6H,1H3;/q;2*-1;+2. The number of benzene rings is 2. The molecule has 4 nitrogen and oxygen atoms in total. The molecule has 0 N–H and O–H groups in total. The van der Waals surface area contributed by atoms with Crippen LogP contribution in [0, 0.1) is 12.1 Å². The molecule has 0 saturated heterocycles. The molecule has 2 aromatic heterocycles. The van der Waals surface area contributed by atoms with Gasteiger partial charge < -0.3 is 0 Å². The van der Waals surface area contributed by atoms with Crippen LogP contribution in [0.25, 0.3) is 11.4 Å². The first-order valence-electron chi connectivity index (χ1n) is 9.34. The summed E-state index contributed by atoms with van der Waals surface area (Å²) >= 11 is 0. The molecule has 4 rings (SSSR count). The zero-order valence-corrected chi connectivity index (χ0v) is 18.3. The average molecular weight is 453 g/mol. The average Bonchev–Trinajstić information content (AvgIpc) is 2.82. The van der Waals surface area contributed by atoms with Crippen molar-refractivity contribution >= 4 is 11.6 Å². The largest absolute Gasteiger partial charge is 2.00 e. The van der Waals surface area contributed by atoms with Crippen molar-refractivity contribution in [1.82, 2.24) is 9.97 Å². The second kappa shape index (κ2) is 14.5. The van der Waals surface area contributed by atoms with Gasteiger partial charge in [0, 0.05) is 12.4 Å². The van der Waals surface area contributed by atoms with Crippen LogP contribution < -0.4 is 0 Å². The Labute approximate surface area is 193 Å². The Bertz CT molecular complexity index is 939. The molecule has 0 aliphatic rings. The third kappa shape index (κ3) is 9.75. The van der Waals surface area contributed by atoms with E-state index in [1.54, 1.807) is 74.8 Å². The summed E-state index contributed by atoms with van der Waals surface area (Å²) in [7, 11) is 0. The normalized spacial score (nSPS) is 8.97. The minimum Gasteiger partial charge on any atom is -0.297 e. The predicted octanol–water partition coefficient (Wildman–Crippen LogP) is 5.52. The van der Waals surface area contributed by atoms with Gasteiger partial charge in [0.25, 0.3) is 0 Å².